The second-order valence-corrected chi connectivity index (χ2v) is 6.20. The number of hydrogen-bond acceptors (Lipinski definition) is 1. The third-order valence-corrected chi connectivity index (χ3v) is 4.29. The first kappa shape index (κ1) is 16.3. The van der Waals surface area contributed by atoms with Gasteiger partial charge in [0.1, 0.15) is 0 Å². The summed E-state index contributed by atoms with van der Waals surface area (Å²) in [6, 6.07) is 19.2. The van der Waals surface area contributed by atoms with E-state index in [4.69, 9.17) is 11.6 Å². The summed E-state index contributed by atoms with van der Waals surface area (Å²) in [7, 11) is 0. The predicted molar refractivity (Wildman–Crippen MR) is 98.4 cm³/mol. The molecule has 0 saturated carbocycles. The molecule has 1 atom stereocenters. The highest BCUT2D eigenvalue weighted by molar-refractivity contribution is 6.30. The zero-order valence-electron chi connectivity index (χ0n) is 13.4. The average Bonchev–Trinajstić information content (AvgIpc) is 3.10. The van der Waals surface area contributed by atoms with Gasteiger partial charge in [-0.2, -0.15) is 0 Å². The number of hydrogen-bond donors (Lipinski definition) is 1. The number of halogens is 1. The molecule has 24 heavy (non-hydrogen) atoms. The fourth-order valence-electron chi connectivity index (χ4n) is 2.81. The summed E-state index contributed by atoms with van der Waals surface area (Å²) in [5.41, 5.74) is 3.08. The standard InChI is InChI=1S/C20H19ClN2O/c1-15-6-2-3-7-18(15)19(23-12-4-5-13-23)14-20(24)22-17-10-8-16(21)9-11-17/h2-13,19H,14H2,1H3,(H,22,24). The van der Waals surface area contributed by atoms with Gasteiger partial charge in [0.25, 0.3) is 0 Å². The van der Waals surface area contributed by atoms with Crippen LogP contribution in [0.4, 0.5) is 5.69 Å². The van der Waals surface area contributed by atoms with E-state index >= 15 is 0 Å². The van der Waals surface area contributed by atoms with E-state index in [1.165, 1.54) is 5.56 Å². The fraction of sp³-hybridized carbons (Fsp3) is 0.150. The maximum Gasteiger partial charge on any atom is 0.226 e. The SMILES string of the molecule is Cc1ccccc1C(CC(=O)Nc1ccc(Cl)cc1)n1cccc1. The van der Waals surface area contributed by atoms with E-state index in [1.807, 2.05) is 36.7 Å². The minimum absolute atomic E-state index is 0.0284. The first-order valence-corrected chi connectivity index (χ1v) is 8.24. The van der Waals surface area contributed by atoms with Crippen LogP contribution in [0.2, 0.25) is 5.02 Å². The maximum atomic E-state index is 12.5. The number of aryl methyl sites for hydroxylation is 1. The van der Waals surface area contributed by atoms with Crippen molar-refractivity contribution in [3.63, 3.8) is 0 Å². The average molecular weight is 339 g/mol. The Bertz CT molecular complexity index is 810. The Morgan fingerprint density at radius 3 is 2.38 bits per heavy atom. The molecule has 0 saturated heterocycles. The predicted octanol–water partition coefficient (Wildman–Crippen LogP) is 5.07. The van der Waals surface area contributed by atoms with Crippen molar-refractivity contribution in [2.45, 2.75) is 19.4 Å². The number of benzene rings is 2. The molecule has 0 bridgehead atoms. The molecular formula is C20H19ClN2O. The van der Waals surface area contributed by atoms with Gasteiger partial charge in [0, 0.05) is 23.1 Å². The van der Waals surface area contributed by atoms with Crippen LogP contribution in [0.25, 0.3) is 0 Å². The van der Waals surface area contributed by atoms with Crippen LogP contribution >= 0.6 is 11.6 Å². The smallest absolute Gasteiger partial charge is 0.226 e. The fourth-order valence-corrected chi connectivity index (χ4v) is 2.94. The van der Waals surface area contributed by atoms with E-state index < -0.39 is 0 Å². The van der Waals surface area contributed by atoms with Gasteiger partial charge in [-0.25, -0.2) is 0 Å². The van der Waals surface area contributed by atoms with Crippen molar-refractivity contribution in [1.29, 1.82) is 0 Å². The van der Waals surface area contributed by atoms with Crippen LogP contribution in [-0.4, -0.2) is 10.5 Å². The molecule has 0 spiro atoms. The van der Waals surface area contributed by atoms with E-state index in [-0.39, 0.29) is 11.9 Å². The second kappa shape index (κ2) is 7.37. The molecule has 1 unspecified atom stereocenters. The Kier molecular flexibility index (Phi) is 5.02. The highest BCUT2D eigenvalue weighted by Crippen LogP contribution is 2.26. The molecule has 3 aromatic rings. The molecule has 0 fully saturated rings. The topological polar surface area (TPSA) is 34.0 Å². The molecule has 1 N–H and O–H groups in total. The third-order valence-electron chi connectivity index (χ3n) is 4.04. The molecule has 122 valence electrons. The number of rotatable bonds is 5. The van der Waals surface area contributed by atoms with E-state index in [9.17, 15) is 4.79 Å². The van der Waals surface area contributed by atoms with Crippen molar-refractivity contribution in [2.75, 3.05) is 5.32 Å². The Morgan fingerprint density at radius 1 is 1.04 bits per heavy atom. The Hall–Kier alpha value is -2.52. The van der Waals surface area contributed by atoms with Crippen molar-refractivity contribution in [1.82, 2.24) is 4.57 Å². The van der Waals surface area contributed by atoms with Gasteiger partial charge in [0.2, 0.25) is 5.91 Å². The quantitative estimate of drug-likeness (QED) is 0.692. The highest BCUT2D eigenvalue weighted by atomic mass is 35.5. The third kappa shape index (κ3) is 3.87. The van der Waals surface area contributed by atoms with Crippen molar-refractivity contribution in [3.8, 4) is 0 Å². The molecular weight excluding hydrogens is 320 g/mol. The zero-order valence-corrected chi connectivity index (χ0v) is 14.2. The van der Waals surface area contributed by atoms with Crippen LogP contribution in [0, 0.1) is 6.92 Å². The number of anilines is 1. The van der Waals surface area contributed by atoms with Crippen molar-refractivity contribution < 1.29 is 4.79 Å². The number of carbonyl (C=O) groups excluding carboxylic acids is 1. The van der Waals surface area contributed by atoms with Crippen LogP contribution in [0.1, 0.15) is 23.6 Å². The highest BCUT2D eigenvalue weighted by Gasteiger charge is 2.19. The van der Waals surface area contributed by atoms with Crippen molar-refractivity contribution >= 4 is 23.2 Å². The summed E-state index contributed by atoms with van der Waals surface area (Å²) in [4.78, 5) is 12.5. The summed E-state index contributed by atoms with van der Waals surface area (Å²) in [5.74, 6) is -0.0284. The van der Waals surface area contributed by atoms with Gasteiger partial charge < -0.3 is 9.88 Å². The largest absolute Gasteiger partial charge is 0.346 e. The van der Waals surface area contributed by atoms with Gasteiger partial charge in [0.05, 0.1) is 12.5 Å². The van der Waals surface area contributed by atoms with Gasteiger partial charge in [-0.1, -0.05) is 35.9 Å². The molecule has 1 aromatic heterocycles. The Labute approximate surface area is 146 Å². The molecule has 3 nitrogen and oxygen atoms in total. The number of aromatic nitrogens is 1. The molecule has 2 aromatic carbocycles. The lowest BCUT2D eigenvalue weighted by Crippen LogP contribution is -2.20. The summed E-state index contributed by atoms with van der Waals surface area (Å²) in [5, 5.41) is 3.59. The molecule has 3 rings (SSSR count). The van der Waals surface area contributed by atoms with E-state index in [0.29, 0.717) is 11.4 Å². The molecule has 1 heterocycles. The van der Waals surface area contributed by atoms with Gasteiger partial charge in [-0.05, 0) is 54.4 Å². The number of nitrogens with zero attached hydrogens (tertiary/aromatic N) is 1. The normalized spacial score (nSPS) is 11.9. The Morgan fingerprint density at radius 2 is 1.71 bits per heavy atom. The van der Waals surface area contributed by atoms with Crippen LogP contribution < -0.4 is 5.32 Å². The summed E-state index contributed by atoms with van der Waals surface area (Å²) in [6.07, 6.45) is 4.35. The van der Waals surface area contributed by atoms with Gasteiger partial charge in [-0.3, -0.25) is 4.79 Å². The van der Waals surface area contributed by atoms with E-state index in [1.54, 1.807) is 24.3 Å². The number of nitrogens with one attached hydrogen (secondary N) is 1. The van der Waals surface area contributed by atoms with E-state index in [0.717, 1.165) is 11.3 Å². The van der Waals surface area contributed by atoms with Crippen LogP contribution in [-0.2, 0) is 4.79 Å². The lowest BCUT2D eigenvalue weighted by Gasteiger charge is -2.21. The first-order valence-electron chi connectivity index (χ1n) is 7.87. The lowest BCUT2D eigenvalue weighted by atomic mass is 9.98. The lowest BCUT2D eigenvalue weighted by molar-refractivity contribution is -0.116. The van der Waals surface area contributed by atoms with Crippen molar-refractivity contribution in [3.05, 3.63) is 89.2 Å². The van der Waals surface area contributed by atoms with Gasteiger partial charge in [0.15, 0.2) is 0 Å². The number of amides is 1. The molecule has 0 aliphatic rings. The van der Waals surface area contributed by atoms with Crippen LogP contribution in [0.5, 0.6) is 0 Å². The first-order chi connectivity index (χ1) is 11.6. The zero-order chi connectivity index (χ0) is 16.9. The van der Waals surface area contributed by atoms with E-state index in [2.05, 4.69) is 28.9 Å². The molecule has 0 radical (unpaired) electrons. The molecule has 1 amide bonds. The number of carbonyl (C=O) groups is 1. The van der Waals surface area contributed by atoms with Gasteiger partial charge >= 0.3 is 0 Å². The van der Waals surface area contributed by atoms with Gasteiger partial charge in [-0.15, -0.1) is 0 Å². The summed E-state index contributed by atoms with van der Waals surface area (Å²) in [6.45, 7) is 2.07. The minimum Gasteiger partial charge on any atom is -0.346 e. The molecule has 0 aliphatic heterocycles. The minimum atomic E-state index is -0.0338. The summed E-state index contributed by atoms with van der Waals surface area (Å²) >= 11 is 5.88. The summed E-state index contributed by atoms with van der Waals surface area (Å²) < 4.78 is 2.07. The second-order valence-electron chi connectivity index (χ2n) is 5.76. The molecule has 4 heteroatoms. The Balaban J connectivity index is 1.81. The van der Waals surface area contributed by atoms with Crippen LogP contribution in [0.15, 0.2) is 73.1 Å². The van der Waals surface area contributed by atoms with Crippen LogP contribution in [0.3, 0.4) is 0 Å². The monoisotopic (exact) mass is 338 g/mol. The van der Waals surface area contributed by atoms with Crippen molar-refractivity contribution in [2.24, 2.45) is 0 Å². The molecule has 0 aliphatic carbocycles. The maximum absolute atomic E-state index is 12.5.